The van der Waals surface area contributed by atoms with Gasteiger partial charge in [-0.2, -0.15) is 0 Å². The fraction of sp³-hybridized carbons (Fsp3) is 0.500. The van der Waals surface area contributed by atoms with Crippen LogP contribution in [0, 0.1) is 5.92 Å². The van der Waals surface area contributed by atoms with Gasteiger partial charge in [-0.3, -0.25) is 4.79 Å². The van der Waals surface area contributed by atoms with Crippen LogP contribution in [0.15, 0.2) is 24.3 Å². The zero-order valence-corrected chi connectivity index (χ0v) is 12.7. The third kappa shape index (κ3) is 4.18. The number of carbonyl (C=O) groups excluding carboxylic acids is 1. The van der Waals surface area contributed by atoms with Gasteiger partial charge in [0.05, 0.1) is 5.75 Å². The summed E-state index contributed by atoms with van der Waals surface area (Å²) in [6.07, 6.45) is 1.68. The van der Waals surface area contributed by atoms with Crippen molar-refractivity contribution in [2.24, 2.45) is 11.7 Å². The molecule has 1 aliphatic heterocycles. The van der Waals surface area contributed by atoms with Crippen LogP contribution in [0.25, 0.3) is 0 Å². The Morgan fingerprint density at radius 2 is 1.86 bits per heavy atom. The van der Waals surface area contributed by atoms with E-state index in [-0.39, 0.29) is 17.6 Å². The highest BCUT2D eigenvalue weighted by Crippen LogP contribution is 2.24. The Balaban J connectivity index is 1.99. The SMILES string of the molecule is NC(=O)CC1CCN(S(=O)(=O)Cc2ccccc2N)CC1. The van der Waals surface area contributed by atoms with Crippen molar-refractivity contribution in [1.82, 2.24) is 4.31 Å². The highest BCUT2D eigenvalue weighted by molar-refractivity contribution is 7.88. The summed E-state index contributed by atoms with van der Waals surface area (Å²) in [6.45, 7) is 0.875. The fourth-order valence-corrected chi connectivity index (χ4v) is 4.24. The number of nitrogens with zero attached hydrogens (tertiary/aromatic N) is 1. The minimum absolute atomic E-state index is 0.0832. The summed E-state index contributed by atoms with van der Waals surface area (Å²) in [6, 6.07) is 6.98. The lowest BCUT2D eigenvalue weighted by Crippen LogP contribution is -2.39. The van der Waals surface area contributed by atoms with E-state index in [0.717, 1.165) is 0 Å². The zero-order chi connectivity index (χ0) is 15.5. The molecule has 0 spiro atoms. The Morgan fingerprint density at radius 3 is 2.43 bits per heavy atom. The van der Waals surface area contributed by atoms with Crippen molar-refractivity contribution in [1.29, 1.82) is 0 Å². The molecule has 2 rings (SSSR count). The average molecular weight is 311 g/mol. The molecule has 0 atom stereocenters. The van der Waals surface area contributed by atoms with Crippen LogP contribution in [0.2, 0.25) is 0 Å². The number of nitrogens with two attached hydrogens (primary N) is 2. The van der Waals surface area contributed by atoms with E-state index in [1.807, 2.05) is 0 Å². The normalized spacial score (nSPS) is 17.7. The van der Waals surface area contributed by atoms with Gasteiger partial charge in [0.15, 0.2) is 0 Å². The highest BCUT2D eigenvalue weighted by Gasteiger charge is 2.29. The molecule has 0 unspecified atom stereocenters. The number of anilines is 1. The molecule has 116 valence electrons. The maximum Gasteiger partial charge on any atom is 0.218 e. The molecule has 6 nitrogen and oxygen atoms in total. The summed E-state index contributed by atoms with van der Waals surface area (Å²) < 4.78 is 26.3. The van der Waals surface area contributed by atoms with Gasteiger partial charge in [-0.25, -0.2) is 12.7 Å². The Bertz CT molecular complexity index is 608. The highest BCUT2D eigenvalue weighted by atomic mass is 32.2. The molecule has 1 amide bonds. The van der Waals surface area contributed by atoms with Gasteiger partial charge in [0.25, 0.3) is 0 Å². The van der Waals surface area contributed by atoms with E-state index in [4.69, 9.17) is 11.5 Å². The number of primary amides is 1. The van der Waals surface area contributed by atoms with Gasteiger partial charge in [0.2, 0.25) is 15.9 Å². The standard InChI is InChI=1S/C14H21N3O3S/c15-13-4-2-1-3-12(13)10-21(19,20)17-7-5-11(6-8-17)9-14(16)18/h1-4,11H,5-10,15H2,(H2,16,18). The molecule has 21 heavy (non-hydrogen) atoms. The summed E-state index contributed by atoms with van der Waals surface area (Å²) >= 11 is 0. The van der Waals surface area contributed by atoms with Crippen molar-refractivity contribution >= 4 is 21.6 Å². The summed E-state index contributed by atoms with van der Waals surface area (Å²) in [7, 11) is -3.37. The number of hydrogen-bond donors (Lipinski definition) is 2. The molecule has 1 aliphatic rings. The minimum Gasteiger partial charge on any atom is -0.398 e. The smallest absolute Gasteiger partial charge is 0.218 e. The first-order valence-corrected chi connectivity index (χ1v) is 8.59. The van der Waals surface area contributed by atoms with Gasteiger partial charge in [-0.05, 0) is 30.4 Å². The van der Waals surface area contributed by atoms with Gasteiger partial charge in [-0.1, -0.05) is 18.2 Å². The summed E-state index contributed by atoms with van der Waals surface area (Å²) in [5.41, 5.74) is 12.1. The summed E-state index contributed by atoms with van der Waals surface area (Å²) in [5.74, 6) is -0.218. The fourth-order valence-electron chi connectivity index (χ4n) is 2.63. The van der Waals surface area contributed by atoms with Crippen LogP contribution >= 0.6 is 0 Å². The van der Waals surface area contributed by atoms with E-state index in [2.05, 4.69) is 0 Å². The number of carbonyl (C=O) groups is 1. The Kier molecular flexibility index (Phi) is 4.84. The number of nitrogen functional groups attached to an aromatic ring is 1. The second-order valence-corrected chi connectivity index (χ2v) is 7.44. The van der Waals surface area contributed by atoms with Crippen molar-refractivity contribution < 1.29 is 13.2 Å². The molecular weight excluding hydrogens is 290 g/mol. The molecule has 1 saturated heterocycles. The van der Waals surface area contributed by atoms with E-state index in [1.165, 1.54) is 4.31 Å². The van der Waals surface area contributed by atoms with E-state index < -0.39 is 10.0 Å². The third-order valence-corrected chi connectivity index (χ3v) is 5.68. The largest absolute Gasteiger partial charge is 0.398 e. The van der Waals surface area contributed by atoms with E-state index >= 15 is 0 Å². The molecular formula is C14H21N3O3S. The second-order valence-electron chi connectivity index (χ2n) is 5.47. The lowest BCUT2D eigenvalue weighted by Gasteiger charge is -2.30. The van der Waals surface area contributed by atoms with Crippen LogP contribution in [0.4, 0.5) is 5.69 Å². The van der Waals surface area contributed by atoms with Crippen molar-refractivity contribution in [2.45, 2.75) is 25.0 Å². The van der Waals surface area contributed by atoms with Crippen LogP contribution in [0.1, 0.15) is 24.8 Å². The second kappa shape index (κ2) is 6.44. The maximum atomic E-state index is 12.4. The molecule has 1 aromatic carbocycles. The van der Waals surface area contributed by atoms with Crippen LogP contribution in [0.3, 0.4) is 0 Å². The van der Waals surface area contributed by atoms with Gasteiger partial charge in [0.1, 0.15) is 0 Å². The van der Waals surface area contributed by atoms with Gasteiger partial charge in [0, 0.05) is 25.2 Å². The number of piperidine rings is 1. The quantitative estimate of drug-likeness (QED) is 0.780. The molecule has 0 aliphatic carbocycles. The molecule has 1 aromatic rings. The van der Waals surface area contributed by atoms with E-state index in [0.29, 0.717) is 43.6 Å². The van der Waals surface area contributed by atoms with Gasteiger partial charge < -0.3 is 11.5 Å². The van der Waals surface area contributed by atoms with Crippen LogP contribution < -0.4 is 11.5 Å². The lowest BCUT2D eigenvalue weighted by atomic mass is 9.94. The van der Waals surface area contributed by atoms with Crippen molar-refractivity contribution in [2.75, 3.05) is 18.8 Å². The number of sulfonamides is 1. The van der Waals surface area contributed by atoms with Gasteiger partial charge in [-0.15, -0.1) is 0 Å². The van der Waals surface area contributed by atoms with E-state index in [1.54, 1.807) is 24.3 Å². The third-order valence-electron chi connectivity index (χ3n) is 3.85. The van der Waals surface area contributed by atoms with Crippen LogP contribution in [0.5, 0.6) is 0 Å². The average Bonchev–Trinajstić information content (AvgIpc) is 2.41. The summed E-state index contributed by atoms with van der Waals surface area (Å²) in [5, 5.41) is 0. The number of amides is 1. The monoisotopic (exact) mass is 311 g/mol. The predicted octanol–water partition coefficient (Wildman–Crippen LogP) is 0.686. The number of rotatable bonds is 5. The molecule has 7 heteroatoms. The molecule has 0 aromatic heterocycles. The Hall–Kier alpha value is -1.60. The molecule has 0 bridgehead atoms. The number of para-hydroxylation sites is 1. The van der Waals surface area contributed by atoms with Crippen LogP contribution in [-0.4, -0.2) is 31.7 Å². The first kappa shape index (κ1) is 15.8. The van der Waals surface area contributed by atoms with Gasteiger partial charge >= 0.3 is 0 Å². The number of hydrogen-bond acceptors (Lipinski definition) is 4. The summed E-state index contributed by atoms with van der Waals surface area (Å²) in [4.78, 5) is 10.9. The lowest BCUT2D eigenvalue weighted by molar-refractivity contribution is -0.119. The molecule has 1 fully saturated rings. The molecule has 0 saturated carbocycles. The molecule has 0 radical (unpaired) electrons. The van der Waals surface area contributed by atoms with Crippen molar-refractivity contribution in [3.8, 4) is 0 Å². The molecule has 1 heterocycles. The minimum atomic E-state index is -3.37. The van der Waals surface area contributed by atoms with Crippen molar-refractivity contribution in [3.05, 3.63) is 29.8 Å². The topological polar surface area (TPSA) is 106 Å². The zero-order valence-electron chi connectivity index (χ0n) is 11.9. The maximum absolute atomic E-state index is 12.4. The van der Waals surface area contributed by atoms with Crippen molar-refractivity contribution in [3.63, 3.8) is 0 Å². The van der Waals surface area contributed by atoms with Crippen LogP contribution in [-0.2, 0) is 20.6 Å². The number of benzene rings is 1. The Labute approximate surface area is 125 Å². The predicted molar refractivity (Wildman–Crippen MR) is 81.6 cm³/mol. The Morgan fingerprint density at radius 1 is 1.24 bits per heavy atom. The molecule has 4 N–H and O–H groups in total. The van der Waals surface area contributed by atoms with E-state index in [9.17, 15) is 13.2 Å². The first-order chi connectivity index (χ1) is 9.88. The first-order valence-electron chi connectivity index (χ1n) is 6.98.